The Labute approximate surface area is 143 Å². The van der Waals surface area contributed by atoms with Crippen molar-refractivity contribution in [1.82, 2.24) is 0 Å². The van der Waals surface area contributed by atoms with Crippen LogP contribution in [-0.4, -0.2) is 32.2 Å². The van der Waals surface area contributed by atoms with Gasteiger partial charge in [-0.3, -0.25) is 0 Å². The molecule has 0 spiro atoms. The average molecular weight is 339 g/mol. The van der Waals surface area contributed by atoms with E-state index in [1.54, 1.807) is 0 Å². The molecule has 2 atom stereocenters. The molecule has 0 amide bonds. The lowest BCUT2D eigenvalue weighted by molar-refractivity contribution is -0.00838. The first kappa shape index (κ1) is 20.4. The first-order chi connectivity index (χ1) is 10.7. The lowest BCUT2D eigenvalue weighted by Crippen LogP contribution is -2.43. The number of aliphatic hydroxyl groups is 1. The van der Waals surface area contributed by atoms with Gasteiger partial charge in [0.25, 0.3) is 0 Å². The summed E-state index contributed by atoms with van der Waals surface area (Å²) in [5.41, 5.74) is 1.14. The zero-order valence-electron chi connectivity index (χ0n) is 15.6. The van der Waals surface area contributed by atoms with Crippen LogP contribution in [-0.2, 0) is 15.8 Å². The van der Waals surface area contributed by atoms with Gasteiger partial charge in [-0.1, -0.05) is 51.1 Å². The van der Waals surface area contributed by atoms with Gasteiger partial charge in [-0.15, -0.1) is 0 Å². The van der Waals surface area contributed by atoms with Gasteiger partial charge in [0.1, 0.15) is 0 Å². The van der Waals surface area contributed by atoms with Crippen molar-refractivity contribution < 1.29 is 14.3 Å². The van der Waals surface area contributed by atoms with Crippen LogP contribution in [0.5, 0.6) is 0 Å². The summed E-state index contributed by atoms with van der Waals surface area (Å²) in [6.07, 6.45) is 1.80. The van der Waals surface area contributed by atoms with E-state index in [1.165, 1.54) is 0 Å². The molecule has 4 heteroatoms. The van der Waals surface area contributed by atoms with Crippen LogP contribution in [0.4, 0.5) is 0 Å². The highest BCUT2D eigenvalue weighted by Gasteiger charge is 2.38. The Morgan fingerprint density at radius 1 is 1.09 bits per heavy atom. The highest BCUT2D eigenvalue weighted by Crippen LogP contribution is 2.37. The van der Waals surface area contributed by atoms with Crippen LogP contribution in [0.2, 0.25) is 18.1 Å². The molecule has 1 aromatic carbocycles. The molecule has 0 aliphatic heterocycles. The monoisotopic (exact) mass is 338 g/mol. The minimum Gasteiger partial charge on any atom is -0.414 e. The van der Waals surface area contributed by atoms with Crippen molar-refractivity contribution in [3.63, 3.8) is 0 Å². The van der Waals surface area contributed by atoms with Gasteiger partial charge in [0.15, 0.2) is 8.32 Å². The summed E-state index contributed by atoms with van der Waals surface area (Å²) < 4.78 is 12.2. The Hall–Kier alpha value is -0.683. The second kappa shape index (κ2) is 8.97. The molecule has 0 saturated carbocycles. The second-order valence-corrected chi connectivity index (χ2v) is 12.6. The minimum absolute atomic E-state index is 0.0552. The Morgan fingerprint density at radius 2 is 1.70 bits per heavy atom. The van der Waals surface area contributed by atoms with Gasteiger partial charge in [-0.25, -0.2) is 0 Å². The number of aliphatic hydroxyl groups excluding tert-OH is 1. The van der Waals surface area contributed by atoms with Gasteiger partial charge >= 0.3 is 0 Å². The number of ether oxygens (including phenoxy) is 1. The summed E-state index contributed by atoms with van der Waals surface area (Å²) in [6, 6.07) is 10.1. The molecule has 0 heterocycles. The second-order valence-electron chi connectivity index (χ2n) is 7.87. The summed E-state index contributed by atoms with van der Waals surface area (Å²) >= 11 is 0. The fourth-order valence-electron chi connectivity index (χ4n) is 2.17. The van der Waals surface area contributed by atoms with Gasteiger partial charge in [0.2, 0.25) is 0 Å². The molecule has 0 aromatic heterocycles. The van der Waals surface area contributed by atoms with Crippen molar-refractivity contribution in [3.8, 4) is 0 Å². The summed E-state index contributed by atoms with van der Waals surface area (Å²) in [7, 11) is -1.72. The summed E-state index contributed by atoms with van der Waals surface area (Å²) in [5, 5.41) is 9.75. The van der Waals surface area contributed by atoms with Crippen LogP contribution in [0.25, 0.3) is 0 Å². The van der Waals surface area contributed by atoms with Crippen LogP contribution < -0.4 is 0 Å². The predicted octanol–water partition coefficient (Wildman–Crippen LogP) is 4.75. The first-order valence-corrected chi connectivity index (χ1v) is 11.5. The van der Waals surface area contributed by atoms with E-state index in [4.69, 9.17) is 9.16 Å². The van der Waals surface area contributed by atoms with Crippen LogP contribution in [0.1, 0.15) is 46.1 Å². The van der Waals surface area contributed by atoms with E-state index in [1.807, 2.05) is 30.3 Å². The topological polar surface area (TPSA) is 38.7 Å². The zero-order chi connectivity index (χ0) is 17.5. The summed E-state index contributed by atoms with van der Waals surface area (Å²) in [5.74, 6) is 0. The number of benzene rings is 1. The standard InChI is InChI=1S/C19H34O3Si/c1-16(22-23(5,6)19(2,3)4)12-13-18(14-20)21-15-17-10-8-7-9-11-17/h7-11,16,18,20H,12-15H2,1-6H3/t16-,18+/m1/s1. The molecule has 1 rings (SSSR count). The Balaban J connectivity index is 2.39. The largest absolute Gasteiger partial charge is 0.414 e. The quantitative estimate of drug-likeness (QED) is 0.660. The molecule has 0 bridgehead atoms. The normalized spacial score (nSPS) is 15.4. The molecule has 1 aromatic rings. The molecule has 0 aliphatic carbocycles. The first-order valence-electron chi connectivity index (χ1n) is 8.60. The van der Waals surface area contributed by atoms with Gasteiger partial charge in [-0.2, -0.15) is 0 Å². The van der Waals surface area contributed by atoms with E-state index < -0.39 is 8.32 Å². The molecule has 1 N–H and O–H groups in total. The SMILES string of the molecule is C[C@H](CC[C@@H](CO)OCc1ccccc1)O[Si](C)(C)C(C)(C)C. The van der Waals surface area contributed by atoms with Crippen LogP contribution >= 0.6 is 0 Å². The third-order valence-electron chi connectivity index (χ3n) is 4.73. The van der Waals surface area contributed by atoms with Gasteiger partial charge in [0, 0.05) is 6.10 Å². The third kappa shape index (κ3) is 7.17. The number of hydrogen-bond donors (Lipinski definition) is 1. The molecular weight excluding hydrogens is 304 g/mol. The summed E-state index contributed by atoms with van der Waals surface area (Å²) in [4.78, 5) is 0. The molecule has 0 fully saturated rings. The Morgan fingerprint density at radius 3 is 2.22 bits per heavy atom. The summed E-state index contributed by atoms with van der Waals surface area (Å²) in [6.45, 7) is 14.1. The lowest BCUT2D eigenvalue weighted by atomic mass is 10.1. The predicted molar refractivity (Wildman–Crippen MR) is 99.1 cm³/mol. The highest BCUT2D eigenvalue weighted by atomic mass is 28.4. The molecular formula is C19H34O3Si. The van der Waals surface area contributed by atoms with E-state index in [9.17, 15) is 5.11 Å². The lowest BCUT2D eigenvalue weighted by Gasteiger charge is -2.38. The van der Waals surface area contributed by atoms with Crippen molar-refractivity contribution in [2.45, 2.75) is 77.5 Å². The molecule has 132 valence electrons. The molecule has 3 nitrogen and oxygen atoms in total. The van der Waals surface area contributed by atoms with E-state index in [0.29, 0.717) is 6.61 Å². The molecule has 23 heavy (non-hydrogen) atoms. The number of rotatable bonds is 9. The van der Waals surface area contributed by atoms with Gasteiger partial charge < -0.3 is 14.3 Å². The van der Waals surface area contributed by atoms with E-state index in [-0.39, 0.29) is 23.9 Å². The Bertz CT molecular complexity index is 440. The van der Waals surface area contributed by atoms with Crippen LogP contribution in [0.15, 0.2) is 30.3 Å². The molecule has 0 aliphatic rings. The van der Waals surface area contributed by atoms with E-state index in [0.717, 1.165) is 18.4 Å². The maximum Gasteiger partial charge on any atom is 0.192 e. The van der Waals surface area contributed by atoms with E-state index in [2.05, 4.69) is 40.8 Å². The maximum absolute atomic E-state index is 9.52. The highest BCUT2D eigenvalue weighted by molar-refractivity contribution is 6.74. The third-order valence-corrected chi connectivity index (χ3v) is 9.33. The zero-order valence-corrected chi connectivity index (χ0v) is 16.6. The Kier molecular flexibility index (Phi) is 7.94. The number of hydrogen-bond acceptors (Lipinski definition) is 3. The smallest absolute Gasteiger partial charge is 0.192 e. The van der Waals surface area contributed by atoms with Crippen LogP contribution in [0, 0.1) is 0 Å². The van der Waals surface area contributed by atoms with Gasteiger partial charge in [0.05, 0.1) is 19.3 Å². The minimum atomic E-state index is -1.72. The molecule has 0 unspecified atom stereocenters. The fraction of sp³-hybridized carbons (Fsp3) is 0.684. The molecule has 0 radical (unpaired) electrons. The van der Waals surface area contributed by atoms with Crippen LogP contribution in [0.3, 0.4) is 0 Å². The van der Waals surface area contributed by atoms with Crippen molar-refractivity contribution in [1.29, 1.82) is 0 Å². The maximum atomic E-state index is 9.52. The van der Waals surface area contributed by atoms with E-state index >= 15 is 0 Å². The average Bonchev–Trinajstić information content (AvgIpc) is 2.47. The van der Waals surface area contributed by atoms with Crippen molar-refractivity contribution in [3.05, 3.63) is 35.9 Å². The van der Waals surface area contributed by atoms with Crippen molar-refractivity contribution in [2.24, 2.45) is 0 Å². The molecule has 0 saturated heterocycles. The van der Waals surface area contributed by atoms with Gasteiger partial charge in [-0.05, 0) is 43.5 Å². The fourth-order valence-corrected chi connectivity index (χ4v) is 3.65. The van der Waals surface area contributed by atoms with Crippen molar-refractivity contribution in [2.75, 3.05) is 6.61 Å². The van der Waals surface area contributed by atoms with Crippen molar-refractivity contribution >= 4 is 8.32 Å².